The molecule has 0 saturated carbocycles. The molecule has 1 heterocycles. The zero-order chi connectivity index (χ0) is 22.9. The van der Waals surface area contributed by atoms with E-state index in [0.29, 0.717) is 12.8 Å². The zero-order valence-electron chi connectivity index (χ0n) is 19.5. The lowest BCUT2D eigenvalue weighted by Gasteiger charge is -2.39. The molecule has 0 bridgehead atoms. The molecule has 1 rings (SSSR count). The number of hydrogen-bond donors (Lipinski definition) is 5. The van der Waals surface area contributed by atoms with Crippen molar-refractivity contribution in [3.05, 3.63) is 0 Å². The minimum Gasteiger partial charge on any atom is -0.394 e. The maximum atomic E-state index is 10.1. The van der Waals surface area contributed by atoms with Crippen LogP contribution in [0.25, 0.3) is 0 Å². The summed E-state index contributed by atoms with van der Waals surface area (Å²) in [5, 5.41) is 48.7. The third kappa shape index (κ3) is 12.5. The summed E-state index contributed by atoms with van der Waals surface area (Å²) >= 11 is 0. The number of aliphatic hydroxyl groups excluding tert-OH is 5. The van der Waals surface area contributed by atoms with Crippen LogP contribution in [0.3, 0.4) is 0 Å². The molecule has 6 atom stereocenters. The van der Waals surface area contributed by atoms with E-state index in [4.69, 9.17) is 9.47 Å². The molecular weight excluding hydrogens is 400 g/mol. The maximum absolute atomic E-state index is 10.1. The number of aliphatic hydroxyl groups is 5. The Morgan fingerprint density at radius 2 is 1.23 bits per heavy atom. The molecule has 0 radical (unpaired) electrons. The SMILES string of the molecule is CCCCCCCCCCCCCC[C@@H](O)CCCOC1OC(CO)C(O)C(O)C1O. The van der Waals surface area contributed by atoms with Gasteiger partial charge in [0.25, 0.3) is 0 Å². The first-order chi connectivity index (χ1) is 15.0. The Labute approximate surface area is 188 Å². The molecule has 1 aliphatic heterocycles. The number of rotatable bonds is 19. The van der Waals surface area contributed by atoms with E-state index in [0.717, 1.165) is 19.3 Å². The number of hydrogen-bond acceptors (Lipinski definition) is 7. The van der Waals surface area contributed by atoms with Crippen molar-refractivity contribution in [2.24, 2.45) is 0 Å². The average Bonchev–Trinajstić information content (AvgIpc) is 2.77. The van der Waals surface area contributed by atoms with Crippen molar-refractivity contribution in [3.63, 3.8) is 0 Å². The van der Waals surface area contributed by atoms with Crippen LogP contribution in [-0.4, -0.2) is 75.6 Å². The summed E-state index contributed by atoms with van der Waals surface area (Å²) in [6.07, 6.45) is 11.0. The second-order valence-corrected chi connectivity index (χ2v) is 9.04. The minimum atomic E-state index is -1.42. The quantitative estimate of drug-likeness (QED) is 0.193. The molecule has 0 spiro atoms. The molecular formula is C24H48O7. The molecule has 0 aromatic carbocycles. The van der Waals surface area contributed by atoms with Gasteiger partial charge in [-0.15, -0.1) is 0 Å². The Morgan fingerprint density at radius 1 is 0.710 bits per heavy atom. The van der Waals surface area contributed by atoms with Gasteiger partial charge in [-0.1, -0.05) is 84.0 Å². The smallest absolute Gasteiger partial charge is 0.186 e. The van der Waals surface area contributed by atoms with E-state index in [9.17, 15) is 25.5 Å². The lowest BCUT2D eigenvalue weighted by atomic mass is 9.99. The van der Waals surface area contributed by atoms with Crippen molar-refractivity contribution in [3.8, 4) is 0 Å². The van der Waals surface area contributed by atoms with Gasteiger partial charge in [-0.2, -0.15) is 0 Å². The van der Waals surface area contributed by atoms with Gasteiger partial charge in [0.15, 0.2) is 6.29 Å². The highest BCUT2D eigenvalue weighted by molar-refractivity contribution is 4.88. The lowest BCUT2D eigenvalue weighted by Crippen LogP contribution is -2.59. The second kappa shape index (κ2) is 18.2. The van der Waals surface area contributed by atoms with Crippen molar-refractivity contribution in [1.29, 1.82) is 0 Å². The molecule has 0 aliphatic carbocycles. The summed E-state index contributed by atoms with van der Waals surface area (Å²) < 4.78 is 10.7. The van der Waals surface area contributed by atoms with Crippen LogP contribution in [0.15, 0.2) is 0 Å². The third-order valence-corrected chi connectivity index (χ3v) is 6.20. The van der Waals surface area contributed by atoms with E-state index in [1.807, 2.05) is 0 Å². The molecule has 1 saturated heterocycles. The van der Waals surface area contributed by atoms with E-state index in [-0.39, 0.29) is 12.7 Å². The molecule has 186 valence electrons. The number of ether oxygens (including phenoxy) is 2. The number of unbranched alkanes of at least 4 members (excludes halogenated alkanes) is 11. The zero-order valence-corrected chi connectivity index (χ0v) is 19.5. The Balaban J connectivity index is 1.94. The fourth-order valence-electron chi connectivity index (χ4n) is 4.09. The van der Waals surface area contributed by atoms with Crippen LogP contribution in [0.1, 0.15) is 103 Å². The van der Waals surface area contributed by atoms with Gasteiger partial charge in [-0.3, -0.25) is 0 Å². The summed E-state index contributed by atoms with van der Waals surface area (Å²) in [4.78, 5) is 0. The molecule has 31 heavy (non-hydrogen) atoms. The van der Waals surface area contributed by atoms with Crippen molar-refractivity contribution < 1.29 is 35.0 Å². The van der Waals surface area contributed by atoms with Crippen molar-refractivity contribution >= 4 is 0 Å². The Kier molecular flexibility index (Phi) is 16.9. The van der Waals surface area contributed by atoms with Crippen LogP contribution in [0.5, 0.6) is 0 Å². The van der Waals surface area contributed by atoms with Crippen molar-refractivity contribution in [1.82, 2.24) is 0 Å². The molecule has 0 aromatic heterocycles. The van der Waals surface area contributed by atoms with Crippen molar-refractivity contribution in [2.75, 3.05) is 13.2 Å². The lowest BCUT2D eigenvalue weighted by molar-refractivity contribution is -0.301. The van der Waals surface area contributed by atoms with Gasteiger partial charge in [-0.05, 0) is 19.3 Å². The normalized spacial score (nSPS) is 27.5. The summed E-state index contributed by atoms with van der Waals surface area (Å²) in [5.41, 5.74) is 0. The van der Waals surface area contributed by atoms with Crippen LogP contribution < -0.4 is 0 Å². The highest BCUT2D eigenvalue weighted by Gasteiger charge is 2.43. The van der Waals surface area contributed by atoms with E-state index in [1.54, 1.807) is 0 Å². The predicted molar refractivity (Wildman–Crippen MR) is 121 cm³/mol. The molecule has 7 nitrogen and oxygen atoms in total. The van der Waals surface area contributed by atoms with Crippen LogP contribution in [-0.2, 0) is 9.47 Å². The second-order valence-electron chi connectivity index (χ2n) is 9.04. The maximum Gasteiger partial charge on any atom is 0.186 e. The average molecular weight is 449 g/mol. The minimum absolute atomic E-state index is 0.262. The third-order valence-electron chi connectivity index (χ3n) is 6.20. The Hall–Kier alpha value is -0.280. The molecule has 7 heteroatoms. The molecule has 1 aliphatic rings. The molecule has 0 amide bonds. The molecule has 1 fully saturated rings. The molecule has 5 unspecified atom stereocenters. The van der Waals surface area contributed by atoms with Crippen LogP contribution in [0.2, 0.25) is 0 Å². The summed E-state index contributed by atoms with van der Waals surface area (Å²) in [6.45, 7) is 2.04. The summed E-state index contributed by atoms with van der Waals surface area (Å²) in [5.74, 6) is 0. The van der Waals surface area contributed by atoms with E-state index < -0.39 is 37.3 Å². The largest absolute Gasteiger partial charge is 0.394 e. The fourth-order valence-corrected chi connectivity index (χ4v) is 4.09. The topological polar surface area (TPSA) is 120 Å². The molecule has 0 aromatic rings. The standard InChI is InChI=1S/C24H48O7/c1-2-3-4-5-6-7-8-9-10-11-12-13-15-19(26)16-14-17-30-24-23(29)22(28)21(27)20(18-25)31-24/h19-29H,2-18H2,1H3/t19-,20?,21?,22?,23?,24?/m1/s1. The predicted octanol–water partition coefficient (Wildman–Crippen LogP) is 3.04. The highest BCUT2D eigenvalue weighted by Crippen LogP contribution is 2.22. The van der Waals surface area contributed by atoms with E-state index in [1.165, 1.54) is 64.2 Å². The Morgan fingerprint density at radius 3 is 1.77 bits per heavy atom. The van der Waals surface area contributed by atoms with Gasteiger partial charge in [0.2, 0.25) is 0 Å². The summed E-state index contributed by atoms with van der Waals surface area (Å²) in [7, 11) is 0. The van der Waals surface area contributed by atoms with Gasteiger partial charge in [0, 0.05) is 6.61 Å². The highest BCUT2D eigenvalue weighted by atomic mass is 16.7. The Bertz CT molecular complexity index is 407. The first kappa shape index (κ1) is 28.8. The van der Waals surface area contributed by atoms with Crippen molar-refractivity contribution in [2.45, 2.75) is 140 Å². The summed E-state index contributed by atoms with van der Waals surface area (Å²) in [6, 6.07) is 0. The van der Waals surface area contributed by atoms with Gasteiger partial charge in [-0.25, -0.2) is 0 Å². The van der Waals surface area contributed by atoms with Gasteiger partial charge >= 0.3 is 0 Å². The first-order valence-corrected chi connectivity index (χ1v) is 12.6. The molecule has 5 N–H and O–H groups in total. The van der Waals surface area contributed by atoms with Gasteiger partial charge < -0.3 is 35.0 Å². The fraction of sp³-hybridized carbons (Fsp3) is 1.00. The monoisotopic (exact) mass is 448 g/mol. The van der Waals surface area contributed by atoms with E-state index >= 15 is 0 Å². The van der Waals surface area contributed by atoms with Crippen LogP contribution in [0.4, 0.5) is 0 Å². The van der Waals surface area contributed by atoms with Gasteiger partial charge in [0.1, 0.15) is 24.4 Å². The van der Waals surface area contributed by atoms with Crippen LogP contribution in [0, 0.1) is 0 Å². The van der Waals surface area contributed by atoms with E-state index in [2.05, 4.69) is 6.92 Å². The van der Waals surface area contributed by atoms with Crippen LogP contribution >= 0.6 is 0 Å². The first-order valence-electron chi connectivity index (χ1n) is 12.6. The van der Waals surface area contributed by atoms with Gasteiger partial charge in [0.05, 0.1) is 12.7 Å².